The predicted octanol–water partition coefficient (Wildman–Crippen LogP) is 2.51. The fourth-order valence-electron chi connectivity index (χ4n) is 1.98. The molecule has 1 aromatic carbocycles. The predicted molar refractivity (Wildman–Crippen MR) is 55.7 cm³/mol. The van der Waals surface area contributed by atoms with Crippen LogP contribution in [0.3, 0.4) is 0 Å². The van der Waals surface area contributed by atoms with E-state index in [1.54, 1.807) is 12.1 Å². The number of benzene rings is 1. The molecule has 0 aromatic heterocycles. The van der Waals surface area contributed by atoms with Crippen molar-refractivity contribution in [3.63, 3.8) is 0 Å². The smallest absolute Gasteiger partial charge is 0.140 e. The van der Waals surface area contributed by atoms with Crippen LogP contribution < -0.4 is 5.32 Å². The zero-order chi connectivity index (χ0) is 10.7. The number of hydrogen-bond donors (Lipinski definition) is 1. The quantitative estimate of drug-likeness (QED) is 0.763. The van der Waals surface area contributed by atoms with Crippen molar-refractivity contribution >= 4 is 0 Å². The Morgan fingerprint density at radius 2 is 2.27 bits per heavy atom. The van der Waals surface area contributed by atoms with Crippen molar-refractivity contribution in [3.05, 3.63) is 35.1 Å². The Balaban J connectivity index is 2.25. The SMILES string of the molecule is N#Cc1cc(C2CCCCN2)ccc1F. The molecule has 1 aliphatic rings. The lowest BCUT2D eigenvalue weighted by molar-refractivity contribution is 0.412. The van der Waals surface area contributed by atoms with Crippen LogP contribution in [0.25, 0.3) is 0 Å². The number of hydrogen-bond acceptors (Lipinski definition) is 2. The minimum Gasteiger partial charge on any atom is -0.310 e. The van der Waals surface area contributed by atoms with Crippen LogP contribution in [0, 0.1) is 17.1 Å². The molecule has 1 aromatic rings. The fourth-order valence-corrected chi connectivity index (χ4v) is 1.98. The first kappa shape index (κ1) is 10.1. The van der Waals surface area contributed by atoms with E-state index >= 15 is 0 Å². The second-order valence-corrected chi connectivity index (χ2v) is 3.85. The maximum atomic E-state index is 13.1. The third kappa shape index (κ3) is 2.16. The van der Waals surface area contributed by atoms with Crippen LogP contribution in [0.1, 0.15) is 36.4 Å². The first-order valence-electron chi connectivity index (χ1n) is 5.24. The highest BCUT2D eigenvalue weighted by atomic mass is 19.1. The van der Waals surface area contributed by atoms with Gasteiger partial charge in [-0.15, -0.1) is 0 Å². The molecule has 0 bridgehead atoms. The number of rotatable bonds is 1. The molecule has 1 atom stereocenters. The number of piperidine rings is 1. The number of halogens is 1. The van der Waals surface area contributed by atoms with Gasteiger partial charge in [0.1, 0.15) is 11.9 Å². The van der Waals surface area contributed by atoms with E-state index in [-0.39, 0.29) is 11.6 Å². The van der Waals surface area contributed by atoms with Crippen LogP contribution >= 0.6 is 0 Å². The number of nitriles is 1. The molecule has 1 saturated heterocycles. The lowest BCUT2D eigenvalue weighted by Gasteiger charge is -2.23. The summed E-state index contributed by atoms with van der Waals surface area (Å²) in [5, 5.41) is 12.1. The summed E-state index contributed by atoms with van der Waals surface area (Å²) >= 11 is 0. The molecule has 0 aliphatic carbocycles. The monoisotopic (exact) mass is 204 g/mol. The van der Waals surface area contributed by atoms with Crippen LogP contribution in [0.5, 0.6) is 0 Å². The van der Waals surface area contributed by atoms with Crippen molar-refractivity contribution in [1.82, 2.24) is 5.32 Å². The molecule has 0 spiro atoms. The van der Waals surface area contributed by atoms with Crippen molar-refractivity contribution in [1.29, 1.82) is 5.26 Å². The molecule has 1 N–H and O–H groups in total. The molecule has 2 rings (SSSR count). The van der Waals surface area contributed by atoms with Crippen molar-refractivity contribution < 1.29 is 4.39 Å². The Bertz CT molecular complexity index is 389. The summed E-state index contributed by atoms with van der Waals surface area (Å²) < 4.78 is 13.1. The lowest BCUT2D eigenvalue weighted by atomic mass is 9.96. The van der Waals surface area contributed by atoms with Crippen molar-refractivity contribution in [2.75, 3.05) is 6.54 Å². The normalized spacial score (nSPS) is 20.9. The van der Waals surface area contributed by atoms with Crippen molar-refractivity contribution in [2.24, 2.45) is 0 Å². The van der Waals surface area contributed by atoms with E-state index in [1.807, 2.05) is 6.07 Å². The molecule has 1 fully saturated rings. The van der Waals surface area contributed by atoms with E-state index in [0.717, 1.165) is 18.5 Å². The first-order valence-corrected chi connectivity index (χ1v) is 5.24. The molecular weight excluding hydrogens is 191 g/mol. The Labute approximate surface area is 88.7 Å². The molecule has 2 nitrogen and oxygen atoms in total. The standard InChI is InChI=1S/C12H13FN2/c13-11-5-4-9(7-10(11)8-14)12-3-1-2-6-15-12/h4-5,7,12,15H,1-3,6H2. The molecule has 0 amide bonds. The van der Waals surface area contributed by atoms with Gasteiger partial charge in [0, 0.05) is 6.04 Å². The van der Waals surface area contributed by atoms with Crippen LogP contribution in [0.4, 0.5) is 4.39 Å². The maximum absolute atomic E-state index is 13.1. The van der Waals surface area contributed by atoms with E-state index < -0.39 is 5.82 Å². The van der Waals surface area contributed by atoms with Gasteiger partial charge in [-0.25, -0.2) is 4.39 Å². The van der Waals surface area contributed by atoms with Crippen LogP contribution in [-0.4, -0.2) is 6.54 Å². The van der Waals surface area contributed by atoms with E-state index in [0.29, 0.717) is 0 Å². The van der Waals surface area contributed by atoms with Crippen molar-refractivity contribution in [3.8, 4) is 6.07 Å². The highest BCUT2D eigenvalue weighted by Gasteiger charge is 2.15. The summed E-state index contributed by atoms with van der Waals surface area (Å²) in [5.74, 6) is -0.433. The van der Waals surface area contributed by atoms with Gasteiger partial charge < -0.3 is 5.32 Å². The zero-order valence-electron chi connectivity index (χ0n) is 8.46. The highest BCUT2D eigenvalue weighted by Crippen LogP contribution is 2.24. The molecule has 0 saturated carbocycles. The van der Waals surface area contributed by atoms with Crippen LogP contribution in [0.2, 0.25) is 0 Å². The Morgan fingerprint density at radius 3 is 2.93 bits per heavy atom. The summed E-state index contributed by atoms with van der Waals surface area (Å²) in [7, 11) is 0. The largest absolute Gasteiger partial charge is 0.310 e. The number of nitrogens with one attached hydrogen (secondary N) is 1. The summed E-state index contributed by atoms with van der Waals surface area (Å²) in [6.07, 6.45) is 3.45. The van der Waals surface area contributed by atoms with E-state index in [9.17, 15) is 4.39 Å². The molecule has 1 aliphatic heterocycles. The molecule has 78 valence electrons. The minimum atomic E-state index is -0.433. The second kappa shape index (κ2) is 4.41. The van der Waals surface area contributed by atoms with Gasteiger partial charge in [-0.2, -0.15) is 5.26 Å². The highest BCUT2D eigenvalue weighted by molar-refractivity contribution is 5.35. The van der Waals surface area contributed by atoms with Gasteiger partial charge in [0.25, 0.3) is 0 Å². The Kier molecular flexibility index (Phi) is 2.98. The topological polar surface area (TPSA) is 35.8 Å². The number of nitrogens with zero attached hydrogens (tertiary/aromatic N) is 1. The third-order valence-corrected chi connectivity index (χ3v) is 2.82. The van der Waals surface area contributed by atoms with Crippen molar-refractivity contribution in [2.45, 2.75) is 25.3 Å². The van der Waals surface area contributed by atoms with Gasteiger partial charge in [0.2, 0.25) is 0 Å². The summed E-state index contributed by atoms with van der Waals surface area (Å²) in [5.41, 5.74) is 1.16. The zero-order valence-corrected chi connectivity index (χ0v) is 8.46. The van der Waals surface area contributed by atoms with E-state index in [1.165, 1.54) is 18.9 Å². The molecule has 1 unspecified atom stereocenters. The molecule has 15 heavy (non-hydrogen) atoms. The molecule has 3 heteroatoms. The second-order valence-electron chi connectivity index (χ2n) is 3.85. The average Bonchev–Trinajstić information content (AvgIpc) is 2.31. The lowest BCUT2D eigenvalue weighted by Crippen LogP contribution is -2.26. The van der Waals surface area contributed by atoms with Crippen LogP contribution in [0.15, 0.2) is 18.2 Å². The van der Waals surface area contributed by atoms with E-state index in [2.05, 4.69) is 5.32 Å². The van der Waals surface area contributed by atoms with Gasteiger partial charge in [-0.05, 0) is 37.1 Å². The average molecular weight is 204 g/mol. The fraction of sp³-hybridized carbons (Fsp3) is 0.417. The third-order valence-electron chi connectivity index (χ3n) is 2.82. The van der Waals surface area contributed by atoms with Crippen LogP contribution in [-0.2, 0) is 0 Å². The van der Waals surface area contributed by atoms with Gasteiger partial charge in [-0.3, -0.25) is 0 Å². The van der Waals surface area contributed by atoms with Gasteiger partial charge in [-0.1, -0.05) is 12.5 Å². The first-order chi connectivity index (χ1) is 7.31. The minimum absolute atomic E-state index is 0.139. The summed E-state index contributed by atoms with van der Waals surface area (Å²) in [6, 6.07) is 6.95. The molecule has 0 radical (unpaired) electrons. The Morgan fingerprint density at radius 1 is 1.40 bits per heavy atom. The summed E-state index contributed by atoms with van der Waals surface area (Å²) in [4.78, 5) is 0. The van der Waals surface area contributed by atoms with E-state index in [4.69, 9.17) is 5.26 Å². The molecule has 1 heterocycles. The van der Waals surface area contributed by atoms with Gasteiger partial charge >= 0.3 is 0 Å². The summed E-state index contributed by atoms with van der Waals surface area (Å²) in [6.45, 7) is 1.00. The molecular formula is C12H13FN2. The maximum Gasteiger partial charge on any atom is 0.140 e. The van der Waals surface area contributed by atoms with Gasteiger partial charge in [0.05, 0.1) is 5.56 Å². The Hall–Kier alpha value is -1.40. The van der Waals surface area contributed by atoms with Gasteiger partial charge in [0.15, 0.2) is 0 Å².